The fourth-order valence-corrected chi connectivity index (χ4v) is 4.89. The van der Waals surface area contributed by atoms with E-state index in [0.717, 1.165) is 6.42 Å². The summed E-state index contributed by atoms with van der Waals surface area (Å²) in [6.07, 6.45) is 2.98. The van der Waals surface area contributed by atoms with Crippen LogP contribution in [0.3, 0.4) is 0 Å². The Morgan fingerprint density at radius 1 is 1.10 bits per heavy atom. The molecule has 164 valence electrons. The van der Waals surface area contributed by atoms with Gasteiger partial charge in [-0.25, -0.2) is 15.0 Å². The summed E-state index contributed by atoms with van der Waals surface area (Å²) in [6, 6.07) is 0. The van der Waals surface area contributed by atoms with Crippen molar-refractivity contribution in [1.29, 1.82) is 0 Å². The molecule has 0 aliphatic rings. The number of nitrogens with zero attached hydrogens (tertiary/aromatic N) is 4. The highest BCUT2D eigenvalue weighted by atomic mass is 31.2. The summed E-state index contributed by atoms with van der Waals surface area (Å²) in [6.45, 7) is 14.2. The van der Waals surface area contributed by atoms with E-state index in [4.69, 9.17) is 19.5 Å². The third kappa shape index (κ3) is 7.33. The van der Waals surface area contributed by atoms with Gasteiger partial charge in [0.1, 0.15) is 18.2 Å². The predicted octanol–water partition coefficient (Wildman–Crippen LogP) is 4.23. The Balaban J connectivity index is 2.21. The lowest BCUT2D eigenvalue weighted by atomic mass is 9.89. The van der Waals surface area contributed by atoms with Crippen LogP contribution in [0.4, 0.5) is 5.82 Å². The number of hydrogen-bond acceptors (Lipinski definition) is 8. The first kappa shape index (κ1) is 23.7. The van der Waals surface area contributed by atoms with Gasteiger partial charge in [0, 0.05) is 0 Å². The summed E-state index contributed by atoms with van der Waals surface area (Å²) in [4.78, 5) is 12.6. The zero-order chi connectivity index (χ0) is 21.8. The van der Waals surface area contributed by atoms with Gasteiger partial charge in [0.25, 0.3) is 0 Å². The van der Waals surface area contributed by atoms with Crippen molar-refractivity contribution < 1.29 is 18.3 Å². The first-order valence-electron chi connectivity index (χ1n) is 9.87. The molecule has 0 amide bonds. The van der Waals surface area contributed by atoms with E-state index in [2.05, 4.69) is 35.7 Å². The number of hydrogen-bond donors (Lipinski definition) is 1. The molecule has 0 aliphatic heterocycles. The number of ether oxygens (including phenoxy) is 1. The number of nitrogens with two attached hydrogens (primary N) is 1. The standard InChI is InChI=1S/C19H34N5O4P/c1-13(2)27-29(25,28-14(3)4)12-26-15(8-19(5,6)7)9-24-11-23-16-17(20)21-10-22-18(16)24/h10-11,13-15H,8-9,12H2,1-7H3,(H2,20,21,22)/t15-/m0/s1. The first-order chi connectivity index (χ1) is 13.4. The number of nitrogen functional groups attached to an aromatic ring is 1. The van der Waals surface area contributed by atoms with Gasteiger partial charge >= 0.3 is 7.60 Å². The van der Waals surface area contributed by atoms with Crippen molar-refractivity contribution in [2.45, 2.75) is 79.7 Å². The molecule has 0 aromatic carbocycles. The molecule has 0 saturated carbocycles. The molecule has 0 saturated heterocycles. The summed E-state index contributed by atoms with van der Waals surface area (Å²) >= 11 is 0. The fraction of sp³-hybridized carbons (Fsp3) is 0.737. The Hall–Kier alpha value is -1.54. The molecule has 0 radical (unpaired) electrons. The van der Waals surface area contributed by atoms with Gasteiger partial charge in [0.15, 0.2) is 11.5 Å². The summed E-state index contributed by atoms with van der Waals surface area (Å²) in [5.41, 5.74) is 7.07. The summed E-state index contributed by atoms with van der Waals surface area (Å²) in [5.74, 6) is 0.335. The van der Waals surface area contributed by atoms with Crippen molar-refractivity contribution in [3.05, 3.63) is 12.7 Å². The lowest BCUT2D eigenvalue weighted by molar-refractivity contribution is 0.0221. The highest BCUT2D eigenvalue weighted by Crippen LogP contribution is 2.50. The topological polar surface area (TPSA) is 114 Å². The van der Waals surface area contributed by atoms with E-state index in [0.29, 0.717) is 23.5 Å². The van der Waals surface area contributed by atoms with Crippen molar-refractivity contribution in [2.75, 3.05) is 12.1 Å². The monoisotopic (exact) mass is 427 g/mol. The Morgan fingerprint density at radius 3 is 2.28 bits per heavy atom. The van der Waals surface area contributed by atoms with Crippen molar-refractivity contribution >= 4 is 24.6 Å². The first-order valence-corrected chi connectivity index (χ1v) is 11.6. The highest BCUT2D eigenvalue weighted by Gasteiger charge is 2.31. The molecule has 2 rings (SSSR count). The van der Waals surface area contributed by atoms with Crippen LogP contribution in [0.5, 0.6) is 0 Å². The van der Waals surface area contributed by atoms with E-state index in [1.54, 1.807) is 6.33 Å². The third-order valence-corrected chi connectivity index (χ3v) is 5.83. The van der Waals surface area contributed by atoms with Crippen LogP contribution in [-0.4, -0.2) is 44.2 Å². The Bertz CT molecular complexity index is 833. The minimum atomic E-state index is -3.39. The largest absolute Gasteiger partial charge is 0.382 e. The lowest BCUT2D eigenvalue weighted by Crippen LogP contribution is -2.27. The van der Waals surface area contributed by atoms with Gasteiger partial charge in [-0.1, -0.05) is 20.8 Å². The molecular weight excluding hydrogens is 393 g/mol. The molecule has 0 unspecified atom stereocenters. The number of anilines is 1. The van der Waals surface area contributed by atoms with Crippen LogP contribution >= 0.6 is 7.60 Å². The highest BCUT2D eigenvalue weighted by molar-refractivity contribution is 7.53. The predicted molar refractivity (Wildman–Crippen MR) is 114 cm³/mol. The Labute approximate surface area is 172 Å². The van der Waals surface area contributed by atoms with E-state index in [1.807, 2.05) is 32.3 Å². The van der Waals surface area contributed by atoms with Crippen LogP contribution in [0.15, 0.2) is 12.7 Å². The van der Waals surface area contributed by atoms with Crippen LogP contribution in [0.25, 0.3) is 11.2 Å². The van der Waals surface area contributed by atoms with Gasteiger partial charge in [-0.15, -0.1) is 0 Å². The second-order valence-corrected chi connectivity index (χ2v) is 10.8. The van der Waals surface area contributed by atoms with Gasteiger partial charge in [-0.2, -0.15) is 0 Å². The second kappa shape index (κ2) is 9.51. The van der Waals surface area contributed by atoms with Gasteiger partial charge in [-0.3, -0.25) is 4.57 Å². The zero-order valence-electron chi connectivity index (χ0n) is 18.5. The summed E-state index contributed by atoms with van der Waals surface area (Å²) in [7, 11) is -3.39. The molecule has 10 heteroatoms. The van der Waals surface area contributed by atoms with Crippen molar-refractivity contribution in [3.63, 3.8) is 0 Å². The smallest absolute Gasteiger partial charge is 0.356 e. The summed E-state index contributed by atoms with van der Waals surface area (Å²) < 4.78 is 32.3. The second-order valence-electron chi connectivity index (χ2n) is 8.93. The van der Waals surface area contributed by atoms with Crippen LogP contribution in [0.1, 0.15) is 54.9 Å². The maximum atomic E-state index is 13.1. The van der Waals surface area contributed by atoms with Crippen molar-refractivity contribution in [2.24, 2.45) is 5.41 Å². The molecular formula is C19H34N5O4P. The maximum absolute atomic E-state index is 13.1. The van der Waals surface area contributed by atoms with Crippen molar-refractivity contribution in [1.82, 2.24) is 19.5 Å². The maximum Gasteiger partial charge on any atom is 0.356 e. The minimum Gasteiger partial charge on any atom is -0.382 e. The number of aromatic nitrogens is 4. The molecule has 29 heavy (non-hydrogen) atoms. The average molecular weight is 427 g/mol. The molecule has 0 spiro atoms. The SMILES string of the molecule is CC(C)OP(=O)(CO[C@H](Cn1cnc2c(N)ncnc21)CC(C)(C)C)OC(C)C. The van der Waals surface area contributed by atoms with E-state index in [1.165, 1.54) is 6.33 Å². The molecule has 0 aliphatic carbocycles. The third-order valence-electron chi connectivity index (χ3n) is 3.88. The van der Waals surface area contributed by atoms with Crippen LogP contribution in [-0.2, 0) is 24.9 Å². The molecule has 0 bridgehead atoms. The molecule has 9 nitrogen and oxygen atoms in total. The lowest BCUT2D eigenvalue weighted by Gasteiger charge is -2.29. The van der Waals surface area contributed by atoms with Crippen molar-refractivity contribution in [3.8, 4) is 0 Å². The molecule has 0 fully saturated rings. The molecule has 2 aromatic rings. The normalized spacial score (nSPS) is 14.2. The van der Waals surface area contributed by atoms with Gasteiger partial charge in [-0.05, 0) is 39.5 Å². The van der Waals surface area contributed by atoms with Crippen LogP contribution < -0.4 is 5.73 Å². The van der Waals surface area contributed by atoms with Gasteiger partial charge in [0.05, 0.1) is 31.2 Å². The minimum absolute atomic E-state index is 0.00311. The average Bonchev–Trinajstić information content (AvgIpc) is 2.94. The number of imidazole rings is 1. The van der Waals surface area contributed by atoms with E-state index in [-0.39, 0.29) is 30.1 Å². The van der Waals surface area contributed by atoms with Gasteiger partial charge < -0.3 is 24.1 Å². The van der Waals surface area contributed by atoms with Crippen LogP contribution in [0, 0.1) is 5.41 Å². The van der Waals surface area contributed by atoms with Crippen LogP contribution in [0.2, 0.25) is 0 Å². The van der Waals surface area contributed by atoms with E-state index in [9.17, 15) is 4.57 Å². The molecule has 2 aromatic heterocycles. The zero-order valence-corrected chi connectivity index (χ0v) is 19.3. The Kier molecular flexibility index (Phi) is 7.79. The Morgan fingerprint density at radius 2 is 1.72 bits per heavy atom. The van der Waals surface area contributed by atoms with E-state index < -0.39 is 7.60 Å². The fourth-order valence-electron chi connectivity index (χ4n) is 3.04. The number of rotatable bonds is 10. The molecule has 2 heterocycles. The number of fused-ring (bicyclic) bond motifs is 1. The quantitative estimate of drug-likeness (QED) is 0.560. The molecule has 1 atom stereocenters. The summed E-state index contributed by atoms with van der Waals surface area (Å²) in [5, 5.41) is 0. The van der Waals surface area contributed by atoms with E-state index >= 15 is 0 Å². The molecule has 2 N–H and O–H groups in total. The van der Waals surface area contributed by atoms with Gasteiger partial charge in [0.2, 0.25) is 0 Å².